The number of aromatic nitrogens is 1. The first-order valence-corrected chi connectivity index (χ1v) is 9.35. The molecule has 4 rings (SSSR count). The van der Waals surface area contributed by atoms with E-state index in [1.165, 1.54) is 6.07 Å². The number of nitrogens with zero attached hydrogens (tertiary/aromatic N) is 4. The molecular formula is C21H25FN4O. The molecule has 2 fully saturated rings. The number of halogens is 1. The Kier molecular flexibility index (Phi) is 4.50. The van der Waals surface area contributed by atoms with Gasteiger partial charge in [-0.3, -0.25) is 0 Å². The summed E-state index contributed by atoms with van der Waals surface area (Å²) in [6.07, 6.45) is 1.82. The maximum Gasteiger partial charge on any atom is 0.320 e. The minimum absolute atomic E-state index is 0.0146. The third-order valence-corrected chi connectivity index (χ3v) is 5.76. The highest BCUT2D eigenvalue weighted by molar-refractivity contribution is 5.75. The Bertz CT molecular complexity index is 856. The number of benzene rings is 1. The summed E-state index contributed by atoms with van der Waals surface area (Å²) in [5.41, 5.74) is 2.03. The van der Waals surface area contributed by atoms with Gasteiger partial charge < -0.3 is 14.7 Å². The molecule has 5 nitrogen and oxygen atoms in total. The van der Waals surface area contributed by atoms with E-state index in [-0.39, 0.29) is 23.8 Å². The van der Waals surface area contributed by atoms with E-state index in [9.17, 15) is 9.18 Å². The van der Waals surface area contributed by atoms with Crippen molar-refractivity contribution in [3.63, 3.8) is 0 Å². The number of urea groups is 1. The molecule has 27 heavy (non-hydrogen) atoms. The standard InChI is InChI=1S/C21H25FN4O/c1-14-6-5-9-23-20(14)25-11-16-12-26(21(27)24(2)3)19(18(16)13-25)15-7-4-8-17(22)10-15/h4-10,16,18-19H,11-13H2,1-3H3/t16-,18-,19+/m1/s1. The molecule has 0 bridgehead atoms. The number of aryl methyl sites for hydroxylation is 1. The third kappa shape index (κ3) is 3.13. The van der Waals surface area contributed by atoms with Gasteiger partial charge in [-0.1, -0.05) is 18.2 Å². The van der Waals surface area contributed by atoms with Gasteiger partial charge in [0.25, 0.3) is 0 Å². The van der Waals surface area contributed by atoms with E-state index in [4.69, 9.17) is 0 Å². The van der Waals surface area contributed by atoms with Crippen LogP contribution in [0.2, 0.25) is 0 Å². The molecule has 2 saturated heterocycles. The molecule has 3 atom stereocenters. The van der Waals surface area contributed by atoms with Gasteiger partial charge in [0.1, 0.15) is 11.6 Å². The summed E-state index contributed by atoms with van der Waals surface area (Å²) in [7, 11) is 3.53. The monoisotopic (exact) mass is 368 g/mol. The number of hydrogen-bond acceptors (Lipinski definition) is 3. The molecule has 2 aliphatic heterocycles. The van der Waals surface area contributed by atoms with Gasteiger partial charge in [0.15, 0.2) is 0 Å². The number of carbonyl (C=O) groups excluding carboxylic acids is 1. The highest BCUT2D eigenvalue weighted by atomic mass is 19.1. The van der Waals surface area contributed by atoms with E-state index < -0.39 is 0 Å². The lowest BCUT2D eigenvalue weighted by atomic mass is 9.89. The molecule has 2 aliphatic rings. The molecule has 1 aromatic heterocycles. The fraction of sp³-hybridized carbons (Fsp3) is 0.429. The number of carbonyl (C=O) groups is 1. The summed E-state index contributed by atoms with van der Waals surface area (Å²) in [5.74, 6) is 1.36. The number of rotatable bonds is 2. The first kappa shape index (κ1) is 17.8. The Morgan fingerprint density at radius 2 is 2.00 bits per heavy atom. The van der Waals surface area contributed by atoms with Crippen LogP contribution in [0.15, 0.2) is 42.6 Å². The van der Waals surface area contributed by atoms with Crippen LogP contribution < -0.4 is 4.90 Å². The molecule has 6 heteroatoms. The lowest BCUT2D eigenvalue weighted by Crippen LogP contribution is -2.41. The molecular weight excluding hydrogens is 343 g/mol. The second-order valence-corrected chi connectivity index (χ2v) is 7.80. The zero-order valence-corrected chi connectivity index (χ0v) is 16.0. The van der Waals surface area contributed by atoms with Crippen LogP contribution in [0.4, 0.5) is 15.0 Å². The molecule has 3 heterocycles. The molecule has 0 N–H and O–H groups in total. The van der Waals surface area contributed by atoms with Gasteiger partial charge in [0.05, 0.1) is 6.04 Å². The Morgan fingerprint density at radius 1 is 1.19 bits per heavy atom. The van der Waals surface area contributed by atoms with Crippen LogP contribution in [-0.2, 0) is 0 Å². The number of anilines is 1. The minimum atomic E-state index is -0.261. The van der Waals surface area contributed by atoms with Crippen LogP contribution in [0, 0.1) is 24.6 Å². The van der Waals surface area contributed by atoms with Crippen LogP contribution in [0.25, 0.3) is 0 Å². The molecule has 2 amide bonds. The second kappa shape index (κ2) is 6.83. The first-order valence-electron chi connectivity index (χ1n) is 9.35. The molecule has 0 saturated carbocycles. The lowest BCUT2D eigenvalue weighted by Gasteiger charge is -2.32. The van der Waals surface area contributed by atoms with Crippen molar-refractivity contribution in [1.29, 1.82) is 0 Å². The van der Waals surface area contributed by atoms with Crippen molar-refractivity contribution in [2.24, 2.45) is 11.8 Å². The molecule has 0 spiro atoms. The maximum atomic E-state index is 13.9. The van der Waals surface area contributed by atoms with E-state index in [2.05, 4.69) is 22.9 Å². The zero-order valence-electron chi connectivity index (χ0n) is 16.0. The van der Waals surface area contributed by atoms with Crippen LogP contribution in [0.5, 0.6) is 0 Å². The average Bonchev–Trinajstić information content (AvgIpc) is 3.18. The predicted octanol–water partition coefficient (Wildman–Crippen LogP) is 3.32. The van der Waals surface area contributed by atoms with Crippen molar-refractivity contribution in [2.75, 3.05) is 38.6 Å². The Labute approximate surface area is 159 Å². The van der Waals surface area contributed by atoms with Gasteiger partial charge in [0, 0.05) is 51.8 Å². The summed E-state index contributed by atoms with van der Waals surface area (Å²) < 4.78 is 13.9. The summed E-state index contributed by atoms with van der Waals surface area (Å²) in [6.45, 7) is 4.44. The smallest absolute Gasteiger partial charge is 0.320 e. The number of amides is 2. The predicted molar refractivity (Wildman–Crippen MR) is 103 cm³/mol. The summed E-state index contributed by atoms with van der Waals surface area (Å²) in [4.78, 5) is 23.2. The van der Waals surface area contributed by atoms with Gasteiger partial charge in [0.2, 0.25) is 0 Å². The quantitative estimate of drug-likeness (QED) is 0.816. The van der Waals surface area contributed by atoms with Gasteiger partial charge in [-0.25, -0.2) is 14.2 Å². The summed E-state index contributed by atoms with van der Waals surface area (Å²) in [5, 5.41) is 0. The van der Waals surface area contributed by atoms with E-state index in [0.29, 0.717) is 12.5 Å². The van der Waals surface area contributed by atoms with Crippen molar-refractivity contribution < 1.29 is 9.18 Å². The largest absolute Gasteiger partial charge is 0.356 e. The number of hydrogen-bond donors (Lipinski definition) is 0. The van der Waals surface area contributed by atoms with Crippen LogP contribution >= 0.6 is 0 Å². The van der Waals surface area contributed by atoms with Crippen molar-refractivity contribution >= 4 is 11.8 Å². The van der Waals surface area contributed by atoms with Crippen molar-refractivity contribution in [2.45, 2.75) is 13.0 Å². The molecule has 0 radical (unpaired) electrons. The summed E-state index contributed by atoms with van der Waals surface area (Å²) in [6, 6.07) is 10.6. The highest BCUT2D eigenvalue weighted by Crippen LogP contribution is 2.46. The van der Waals surface area contributed by atoms with Gasteiger partial charge >= 0.3 is 6.03 Å². The molecule has 0 unspecified atom stereocenters. The number of pyridine rings is 1. The topological polar surface area (TPSA) is 39.7 Å². The second-order valence-electron chi connectivity index (χ2n) is 7.80. The third-order valence-electron chi connectivity index (χ3n) is 5.76. The van der Waals surface area contributed by atoms with Crippen LogP contribution in [0.3, 0.4) is 0 Å². The molecule has 142 valence electrons. The van der Waals surface area contributed by atoms with Crippen LogP contribution in [0.1, 0.15) is 17.2 Å². The van der Waals surface area contributed by atoms with Crippen molar-refractivity contribution in [3.05, 3.63) is 59.5 Å². The lowest BCUT2D eigenvalue weighted by molar-refractivity contribution is 0.159. The SMILES string of the molecule is Cc1cccnc1N1C[C@@H]2CN(C(=O)N(C)C)[C@@H](c3cccc(F)c3)[C@@H]2C1. The first-order chi connectivity index (χ1) is 13.0. The van der Waals surface area contributed by atoms with Crippen LogP contribution in [-0.4, -0.2) is 54.5 Å². The Hall–Kier alpha value is -2.63. The van der Waals surface area contributed by atoms with Gasteiger partial charge in [-0.15, -0.1) is 0 Å². The van der Waals surface area contributed by atoms with Crippen molar-refractivity contribution in [1.82, 2.24) is 14.8 Å². The molecule has 0 aliphatic carbocycles. The van der Waals surface area contributed by atoms with E-state index in [1.54, 1.807) is 31.1 Å². The Balaban J connectivity index is 1.67. The molecule has 1 aromatic carbocycles. The minimum Gasteiger partial charge on any atom is -0.356 e. The van der Waals surface area contributed by atoms with Gasteiger partial charge in [-0.2, -0.15) is 0 Å². The van der Waals surface area contributed by atoms with Crippen molar-refractivity contribution in [3.8, 4) is 0 Å². The summed E-state index contributed by atoms with van der Waals surface area (Å²) >= 11 is 0. The van der Waals surface area contributed by atoms with E-state index in [1.807, 2.05) is 23.2 Å². The fourth-order valence-corrected chi connectivity index (χ4v) is 4.60. The fourth-order valence-electron chi connectivity index (χ4n) is 4.60. The molecule has 2 aromatic rings. The highest BCUT2D eigenvalue weighted by Gasteiger charge is 2.49. The van der Waals surface area contributed by atoms with Gasteiger partial charge in [-0.05, 0) is 36.2 Å². The average molecular weight is 368 g/mol. The van der Waals surface area contributed by atoms with E-state index >= 15 is 0 Å². The van der Waals surface area contributed by atoms with E-state index in [0.717, 1.165) is 30.0 Å². The number of likely N-dealkylation sites (tertiary alicyclic amines) is 1. The number of fused-ring (bicyclic) bond motifs is 1. The Morgan fingerprint density at radius 3 is 2.70 bits per heavy atom. The maximum absolute atomic E-state index is 13.9. The normalized spacial score (nSPS) is 24.2. The zero-order chi connectivity index (χ0) is 19.1.